The van der Waals surface area contributed by atoms with Crippen LogP contribution in [0.25, 0.3) is 0 Å². The van der Waals surface area contributed by atoms with Crippen molar-refractivity contribution in [2.45, 2.75) is 24.9 Å². The second-order valence-corrected chi connectivity index (χ2v) is 4.39. The number of carbonyl (C=O) groups excluding carboxylic acids is 2. The van der Waals surface area contributed by atoms with E-state index in [2.05, 4.69) is 16.0 Å². The van der Waals surface area contributed by atoms with Crippen LogP contribution in [0, 0.1) is 5.41 Å². The van der Waals surface area contributed by atoms with Crippen LogP contribution < -0.4 is 27.4 Å². The number of nitrogens with two attached hydrogens (primary N) is 2. The van der Waals surface area contributed by atoms with Crippen LogP contribution in [0.15, 0.2) is 0 Å². The van der Waals surface area contributed by atoms with Crippen molar-refractivity contribution in [2.24, 2.45) is 11.5 Å². The van der Waals surface area contributed by atoms with Gasteiger partial charge in [-0.2, -0.15) is 0 Å². The van der Waals surface area contributed by atoms with Crippen molar-refractivity contribution in [1.82, 2.24) is 16.0 Å². The summed E-state index contributed by atoms with van der Waals surface area (Å²) in [4.78, 5) is 34.0. The van der Waals surface area contributed by atoms with Crippen molar-refractivity contribution in [1.29, 1.82) is 5.41 Å². The molecule has 11 nitrogen and oxygen atoms in total. The number of nitrogens with one attached hydrogen (secondary N) is 4. The van der Waals surface area contributed by atoms with E-state index >= 15 is 0 Å². The van der Waals surface area contributed by atoms with Gasteiger partial charge in [0.05, 0.1) is 13.2 Å². The molecule has 0 heterocycles. The number of amides is 2. The number of aliphatic hydroxyl groups excluding tert-OH is 1. The number of carboxylic acid groups (broad SMARTS) is 1. The molecule has 0 aromatic heterocycles. The summed E-state index contributed by atoms with van der Waals surface area (Å²) in [6, 6.07) is -2.46. The fraction of sp³-hybridized carbons (Fsp3) is 0.636. The minimum atomic E-state index is -1.27. The Morgan fingerprint density at radius 2 is 1.82 bits per heavy atom. The third-order valence-electron chi connectivity index (χ3n) is 2.62. The van der Waals surface area contributed by atoms with E-state index in [9.17, 15) is 14.4 Å². The van der Waals surface area contributed by atoms with Gasteiger partial charge in [-0.25, -0.2) is 4.79 Å². The molecule has 0 radical (unpaired) electrons. The van der Waals surface area contributed by atoms with Gasteiger partial charge in [-0.15, -0.1) is 0 Å². The molecule has 0 aliphatic heterocycles. The maximum Gasteiger partial charge on any atom is 0.326 e. The van der Waals surface area contributed by atoms with Gasteiger partial charge in [0.25, 0.3) is 0 Å². The Hall–Kier alpha value is -2.40. The summed E-state index contributed by atoms with van der Waals surface area (Å²) in [6.07, 6.45) is 0.431. The number of carboxylic acids is 1. The lowest BCUT2D eigenvalue weighted by molar-refractivity contribution is -0.142. The first kappa shape index (κ1) is 19.6. The first-order valence-electron chi connectivity index (χ1n) is 6.53. The van der Waals surface area contributed by atoms with Crippen molar-refractivity contribution < 1.29 is 24.6 Å². The molecule has 2 amide bonds. The van der Waals surface area contributed by atoms with Gasteiger partial charge in [0.15, 0.2) is 5.96 Å². The molecular formula is C11H22N6O5. The van der Waals surface area contributed by atoms with Crippen LogP contribution in [-0.2, 0) is 14.4 Å². The number of aliphatic hydroxyl groups is 1. The molecule has 0 aromatic rings. The van der Waals surface area contributed by atoms with Crippen LogP contribution in [-0.4, -0.2) is 65.7 Å². The van der Waals surface area contributed by atoms with Crippen molar-refractivity contribution in [3.05, 3.63) is 0 Å². The van der Waals surface area contributed by atoms with Crippen molar-refractivity contribution in [3.63, 3.8) is 0 Å². The molecule has 0 bridgehead atoms. The Balaban J connectivity index is 4.46. The molecule has 2 atom stereocenters. The lowest BCUT2D eigenvalue weighted by atomic mass is 10.1. The standard InChI is InChI=1S/C11H22N6O5/c12-4-8(19)16-7(5-18)9(20)17-6(10(21)22)2-1-3-15-11(13)14/h6-7,18H,1-5,12H2,(H,16,19)(H,17,20)(H,21,22)(H4,13,14,15). The first-order chi connectivity index (χ1) is 10.3. The van der Waals surface area contributed by atoms with E-state index in [4.69, 9.17) is 27.1 Å². The van der Waals surface area contributed by atoms with Gasteiger partial charge in [-0.05, 0) is 12.8 Å². The highest BCUT2D eigenvalue weighted by atomic mass is 16.4. The SMILES string of the molecule is N=C(N)NCCCC(NC(=O)C(CO)NC(=O)CN)C(=O)O. The smallest absolute Gasteiger partial charge is 0.326 e. The largest absolute Gasteiger partial charge is 0.480 e. The summed E-state index contributed by atoms with van der Waals surface area (Å²) in [7, 11) is 0. The normalized spacial score (nSPS) is 12.8. The van der Waals surface area contributed by atoms with E-state index in [1.54, 1.807) is 0 Å². The number of hydrogen-bond donors (Lipinski definition) is 8. The maximum absolute atomic E-state index is 11.8. The Kier molecular flexibility index (Phi) is 9.22. The lowest BCUT2D eigenvalue weighted by Crippen LogP contribution is -2.54. The van der Waals surface area contributed by atoms with E-state index in [1.807, 2.05) is 0 Å². The zero-order valence-corrected chi connectivity index (χ0v) is 12.0. The Morgan fingerprint density at radius 3 is 2.27 bits per heavy atom. The van der Waals surface area contributed by atoms with E-state index < -0.39 is 36.5 Å². The van der Waals surface area contributed by atoms with Gasteiger partial charge >= 0.3 is 5.97 Å². The molecule has 10 N–H and O–H groups in total. The van der Waals surface area contributed by atoms with E-state index in [1.165, 1.54) is 0 Å². The van der Waals surface area contributed by atoms with Gasteiger partial charge in [-0.3, -0.25) is 15.0 Å². The fourth-order valence-corrected chi connectivity index (χ4v) is 1.51. The Morgan fingerprint density at radius 1 is 1.18 bits per heavy atom. The van der Waals surface area contributed by atoms with Crippen LogP contribution in [0.3, 0.4) is 0 Å². The topological polar surface area (TPSA) is 204 Å². The molecule has 0 aromatic carbocycles. The van der Waals surface area contributed by atoms with Crippen molar-refractivity contribution in [3.8, 4) is 0 Å². The van der Waals surface area contributed by atoms with Crippen molar-refractivity contribution in [2.75, 3.05) is 19.7 Å². The molecule has 0 aliphatic rings. The highest BCUT2D eigenvalue weighted by Crippen LogP contribution is 1.98. The van der Waals surface area contributed by atoms with Crippen LogP contribution in [0.2, 0.25) is 0 Å². The monoisotopic (exact) mass is 318 g/mol. The molecule has 11 heteroatoms. The van der Waals surface area contributed by atoms with E-state index in [0.717, 1.165) is 0 Å². The van der Waals surface area contributed by atoms with Gasteiger partial charge in [-0.1, -0.05) is 0 Å². The predicted molar refractivity (Wildman–Crippen MR) is 76.8 cm³/mol. The number of aliphatic carboxylic acids is 1. The average Bonchev–Trinajstić information content (AvgIpc) is 2.46. The average molecular weight is 318 g/mol. The second kappa shape index (κ2) is 10.3. The molecule has 2 unspecified atom stereocenters. The maximum atomic E-state index is 11.8. The Labute approximate surface area is 126 Å². The summed E-state index contributed by atoms with van der Waals surface area (Å²) in [5, 5.41) is 31.9. The molecule has 0 saturated heterocycles. The molecular weight excluding hydrogens is 296 g/mol. The molecule has 22 heavy (non-hydrogen) atoms. The highest BCUT2D eigenvalue weighted by molar-refractivity contribution is 5.90. The molecule has 0 aliphatic carbocycles. The molecule has 0 spiro atoms. The van der Waals surface area contributed by atoms with Gasteiger partial charge < -0.3 is 37.6 Å². The van der Waals surface area contributed by atoms with Gasteiger partial charge in [0.1, 0.15) is 12.1 Å². The van der Waals surface area contributed by atoms with Crippen LogP contribution in [0.5, 0.6) is 0 Å². The van der Waals surface area contributed by atoms with Crippen LogP contribution in [0.1, 0.15) is 12.8 Å². The third kappa shape index (κ3) is 8.01. The minimum Gasteiger partial charge on any atom is -0.480 e. The zero-order valence-electron chi connectivity index (χ0n) is 12.0. The second-order valence-electron chi connectivity index (χ2n) is 4.39. The Bertz CT molecular complexity index is 416. The number of rotatable bonds is 10. The quantitative estimate of drug-likeness (QED) is 0.114. The van der Waals surface area contributed by atoms with E-state index in [0.29, 0.717) is 6.42 Å². The number of hydrogen-bond acceptors (Lipinski definition) is 6. The van der Waals surface area contributed by atoms with Crippen LogP contribution >= 0.6 is 0 Å². The first-order valence-corrected chi connectivity index (χ1v) is 6.53. The van der Waals surface area contributed by atoms with E-state index in [-0.39, 0.29) is 25.5 Å². The minimum absolute atomic E-state index is 0.0876. The molecule has 0 rings (SSSR count). The van der Waals surface area contributed by atoms with Crippen LogP contribution in [0.4, 0.5) is 0 Å². The molecule has 126 valence electrons. The summed E-state index contributed by atoms with van der Waals surface area (Å²) < 4.78 is 0. The summed E-state index contributed by atoms with van der Waals surface area (Å²) in [5.41, 5.74) is 10.2. The predicted octanol–water partition coefficient (Wildman–Crippen LogP) is -3.75. The van der Waals surface area contributed by atoms with Crippen molar-refractivity contribution >= 4 is 23.7 Å². The van der Waals surface area contributed by atoms with Gasteiger partial charge in [0.2, 0.25) is 11.8 Å². The number of carbonyl (C=O) groups is 3. The molecule has 0 fully saturated rings. The van der Waals surface area contributed by atoms with Gasteiger partial charge in [0, 0.05) is 6.54 Å². The third-order valence-corrected chi connectivity index (χ3v) is 2.62. The lowest BCUT2D eigenvalue weighted by Gasteiger charge is -2.19. The fourth-order valence-electron chi connectivity index (χ4n) is 1.51. The number of guanidine groups is 1. The zero-order chi connectivity index (χ0) is 17.1. The highest BCUT2D eigenvalue weighted by Gasteiger charge is 2.25. The summed E-state index contributed by atoms with van der Waals surface area (Å²) in [5.74, 6) is -2.96. The summed E-state index contributed by atoms with van der Waals surface area (Å²) >= 11 is 0. The molecule has 0 saturated carbocycles. The summed E-state index contributed by atoms with van der Waals surface area (Å²) in [6.45, 7) is -0.763.